The van der Waals surface area contributed by atoms with Crippen molar-refractivity contribution in [2.75, 3.05) is 6.26 Å². The Kier molecular flexibility index (Phi) is 2.14. The number of benzene rings is 1. The van der Waals surface area contributed by atoms with E-state index in [2.05, 4.69) is 0 Å². The van der Waals surface area contributed by atoms with Crippen LogP contribution in [0.15, 0.2) is 17.0 Å². The molecule has 0 saturated heterocycles. The van der Waals surface area contributed by atoms with Crippen LogP contribution in [-0.2, 0) is 0 Å². The molecule has 0 spiro atoms. The summed E-state index contributed by atoms with van der Waals surface area (Å²) >= 11 is 1.37. The molecule has 3 N–H and O–H groups in total. The van der Waals surface area contributed by atoms with Gasteiger partial charge in [-0.2, -0.15) is 0 Å². The summed E-state index contributed by atoms with van der Waals surface area (Å²) in [7, 11) is 0. The number of hydrogen-bond acceptors (Lipinski definition) is 4. The average Bonchev–Trinajstić information content (AvgIpc) is 1.99. The van der Waals surface area contributed by atoms with Crippen molar-refractivity contribution < 1.29 is 15.3 Å². The minimum absolute atomic E-state index is 0.297. The van der Waals surface area contributed by atoms with Gasteiger partial charge >= 0.3 is 0 Å². The summed E-state index contributed by atoms with van der Waals surface area (Å²) in [5.74, 6) is -1.06. The number of phenols is 3. The highest BCUT2D eigenvalue weighted by Crippen LogP contribution is 2.37. The first kappa shape index (κ1) is 8.07. The summed E-state index contributed by atoms with van der Waals surface area (Å²) in [4.78, 5) is 0.706. The number of hydrogen-bond donors (Lipinski definition) is 3. The number of rotatable bonds is 1. The van der Waals surface area contributed by atoms with E-state index in [0.29, 0.717) is 4.90 Å². The lowest BCUT2D eigenvalue weighted by atomic mass is 10.3. The zero-order valence-corrected chi connectivity index (χ0v) is 6.72. The van der Waals surface area contributed by atoms with Crippen LogP contribution >= 0.6 is 11.8 Å². The van der Waals surface area contributed by atoms with E-state index >= 15 is 0 Å². The van der Waals surface area contributed by atoms with Gasteiger partial charge in [-0.1, -0.05) is 0 Å². The zero-order chi connectivity index (χ0) is 8.43. The molecule has 4 heteroatoms. The number of thioether (sulfide) groups is 1. The van der Waals surface area contributed by atoms with Crippen LogP contribution in [-0.4, -0.2) is 21.6 Å². The van der Waals surface area contributed by atoms with Gasteiger partial charge in [0.2, 0.25) is 0 Å². The van der Waals surface area contributed by atoms with Crippen LogP contribution in [0.1, 0.15) is 0 Å². The van der Waals surface area contributed by atoms with Crippen LogP contribution in [0.5, 0.6) is 17.2 Å². The molecule has 1 aromatic carbocycles. The molecule has 3 nitrogen and oxygen atoms in total. The van der Waals surface area contributed by atoms with E-state index in [9.17, 15) is 0 Å². The quantitative estimate of drug-likeness (QED) is 0.444. The second-order valence-electron chi connectivity index (χ2n) is 2.01. The summed E-state index contributed by atoms with van der Waals surface area (Å²) in [5, 5.41) is 26.9. The van der Waals surface area contributed by atoms with Gasteiger partial charge in [-0.25, -0.2) is 0 Å². The molecule has 0 aliphatic carbocycles. The minimum atomic E-state index is -0.470. The maximum Gasteiger partial charge on any atom is 0.200 e. The fourth-order valence-electron chi connectivity index (χ4n) is 0.697. The maximum absolute atomic E-state index is 8.99. The molecule has 0 heterocycles. The molecule has 0 amide bonds. The Balaban J connectivity index is 3.21. The molecule has 0 bridgehead atoms. The Morgan fingerprint density at radius 2 is 1.55 bits per heavy atom. The second-order valence-corrected chi connectivity index (χ2v) is 2.89. The maximum atomic E-state index is 8.99. The lowest BCUT2D eigenvalue weighted by Crippen LogP contribution is -1.73. The average molecular weight is 172 g/mol. The van der Waals surface area contributed by atoms with Gasteiger partial charge in [0.15, 0.2) is 17.2 Å². The Bertz CT molecular complexity index is 249. The summed E-state index contributed by atoms with van der Waals surface area (Å²) < 4.78 is 0. The molecule has 0 fully saturated rings. The minimum Gasteiger partial charge on any atom is -0.504 e. The van der Waals surface area contributed by atoms with Crippen molar-refractivity contribution in [1.82, 2.24) is 0 Å². The monoisotopic (exact) mass is 172 g/mol. The molecule has 60 valence electrons. The van der Waals surface area contributed by atoms with E-state index in [0.717, 1.165) is 0 Å². The van der Waals surface area contributed by atoms with Gasteiger partial charge in [0.25, 0.3) is 0 Å². The normalized spacial score (nSPS) is 9.91. The highest BCUT2D eigenvalue weighted by molar-refractivity contribution is 7.98. The summed E-state index contributed by atoms with van der Waals surface area (Å²) in [6.45, 7) is 0. The highest BCUT2D eigenvalue weighted by Gasteiger charge is 2.06. The molecular weight excluding hydrogens is 164 g/mol. The Morgan fingerprint density at radius 1 is 1.09 bits per heavy atom. The predicted molar refractivity (Wildman–Crippen MR) is 43.2 cm³/mol. The first-order chi connectivity index (χ1) is 5.15. The third-order valence-electron chi connectivity index (χ3n) is 1.28. The van der Waals surface area contributed by atoms with Gasteiger partial charge in [-0.15, -0.1) is 11.8 Å². The smallest absolute Gasteiger partial charge is 0.200 e. The van der Waals surface area contributed by atoms with Gasteiger partial charge in [0.05, 0.1) is 0 Å². The summed E-state index contributed by atoms with van der Waals surface area (Å²) in [5.41, 5.74) is 0. The molecule has 0 saturated carbocycles. The van der Waals surface area contributed by atoms with Crippen LogP contribution in [0.25, 0.3) is 0 Å². The molecular formula is C7H8O3S. The lowest BCUT2D eigenvalue weighted by Gasteiger charge is -2.02. The van der Waals surface area contributed by atoms with E-state index in [1.54, 1.807) is 0 Å². The van der Waals surface area contributed by atoms with E-state index in [4.69, 9.17) is 15.3 Å². The number of aromatic hydroxyl groups is 3. The first-order valence-corrected chi connectivity index (χ1v) is 4.16. The molecule has 0 aromatic heterocycles. The third-order valence-corrected chi connectivity index (χ3v) is 1.99. The molecule has 0 aliphatic rings. The lowest BCUT2D eigenvalue weighted by molar-refractivity contribution is 0.366. The van der Waals surface area contributed by atoms with Crippen LogP contribution in [0.2, 0.25) is 0 Å². The topological polar surface area (TPSA) is 60.7 Å². The van der Waals surface area contributed by atoms with Gasteiger partial charge in [0, 0.05) is 4.90 Å². The largest absolute Gasteiger partial charge is 0.504 e. The van der Waals surface area contributed by atoms with Crippen LogP contribution in [0.3, 0.4) is 0 Å². The van der Waals surface area contributed by atoms with E-state index in [-0.39, 0.29) is 11.5 Å². The Morgan fingerprint density at radius 3 is 1.91 bits per heavy atom. The standard InChI is InChI=1S/C7H8O3S/c1-11-4-2-5(8)7(10)6(9)3-4/h2-3,8-10H,1H3. The molecule has 0 aliphatic heterocycles. The molecule has 0 atom stereocenters. The van der Waals surface area contributed by atoms with Crippen molar-refractivity contribution in [1.29, 1.82) is 0 Å². The van der Waals surface area contributed by atoms with Crippen molar-refractivity contribution >= 4 is 11.8 Å². The van der Waals surface area contributed by atoms with Gasteiger partial charge < -0.3 is 15.3 Å². The van der Waals surface area contributed by atoms with Crippen molar-refractivity contribution in [3.05, 3.63) is 12.1 Å². The van der Waals surface area contributed by atoms with Gasteiger partial charge in [0.1, 0.15) is 0 Å². The van der Waals surface area contributed by atoms with Crippen molar-refractivity contribution in [2.24, 2.45) is 0 Å². The molecule has 1 rings (SSSR count). The zero-order valence-electron chi connectivity index (χ0n) is 5.90. The number of phenolic OH excluding ortho intramolecular Hbond substituents is 3. The van der Waals surface area contributed by atoms with Crippen molar-refractivity contribution in [2.45, 2.75) is 4.90 Å². The van der Waals surface area contributed by atoms with Crippen molar-refractivity contribution in [3.8, 4) is 17.2 Å². The molecule has 0 unspecified atom stereocenters. The van der Waals surface area contributed by atoms with E-state index < -0.39 is 5.75 Å². The first-order valence-electron chi connectivity index (χ1n) is 2.94. The predicted octanol–water partition coefficient (Wildman–Crippen LogP) is 1.53. The molecule has 1 aromatic rings. The SMILES string of the molecule is CSc1cc(O)c(O)c(O)c1. The van der Waals surface area contributed by atoms with Crippen LogP contribution in [0, 0.1) is 0 Å². The highest BCUT2D eigenvalue weighted by atomic mass is 32.2. The van der Waals surface area contributed by atoms with E-state index in [1.165, 1.54) is 23.9 Å². The van der Waals surface area contributed by atoms with Crippen molar-refractivity contribution in [3.63, 3.8) is 0 Å². The van der Waals surface area contributed by atoms with Gasteiger partial charge in [-0.3, -0.25) is 0 Å². The van der Waals surface area contributed by atoms with E-state index in [1.807, 2.05) is 6.26 Å². The molecule has 0 radical (unpaired) electrons. The second kappa shape index (κ2) is 2.92. The fraction of sp³-hybridized carbons (Fsp3) is 0.143. The Labute approximate surface area is 68.3 Å². The Hall–Kier alpha value is -1.03. The fourth-order valence-corrected chi connectivity index (χ4v) is 1.16. The van der Waals surface area contributed by atoms with Crippen LogP contribution in [0.4, 0.5) is 0 Å². The van der Waals surface area contributed by atoms with Crippen LogP contribution < -0.4 is 0 Å². The summed E-state index contributed by atoms with van der Waals surface area (Å²) in [6, 6.07) is 2.78. The molecule has 11 heavy (non-hydrogen) atoms. The third kappa shape index (κ3) is 1.51. The van der Waals surface area contributed by atoms with Gasteiger partial charge in [-0.05, 0) is 18.4 Å². The summed E-state index contributed by atoms with van der Waals surface area (Å²) in [6.07, 6.45) is 1.81.